The fourth-order valence-electron chi connectivity index (χ4n) is 2.74. The van der Waals surface area contributed by atoms with E-state index in [0.29, 0.717) is 11.2 Å². The lowest BCUT2D eigenvalue weighted by atomic mass is 10.00. The Bertz CT molecular complexity index is 989. The molecule has 0 aliphatic heterocycles. The summed E-state index contributed by atoms with van der Waals surface area (Å²) in [7, 11) is 1.54. The molecule has 0 aliphatic rings. The first kappa shape index (κ1) is 16.6. The molecule has 7 nitrogen and oxygen atoms in total. The summed E-state index contributed by atoms with van der Waals surface area (Å²) in [5.41, 5.74) is 2.41. The molecule has 25 heavy (non-hydrogen) atoms. The normalized spacial score (nSPS) is 13.2. The lowest BCUT2D eigenvalue weighted by molar-refractivity contribution is -0.128. The van der Waals surface area contributed by atoms with Crippen molar-refractivity contribution in [3.05, 3.63) is 53.9 Å². The summed E-state index contributed by atoms with van der Waals surface area (Å²) in [5, 5.41) is 16.2. The van der Waals surface area contributed by atoms with E-state index < -0.39 is 5.72 Å². The van der Waals surface area contributed by atoms with E-state index in [1.165, 1.54) is 13.1 Å². The zero-order valence-electron chi connectivity index (χ0n) is 14.1. The van der Waals surface area contributed by atoms with Gasteiger partial charge in [-0.15, -0.1) is 0 Å². The van der Waals surface area contributed by atoms with Crippen LogP contribution in [0, 0.1) is 11.3 Å². The monoisotopic (exact) mass is 335 g/mol. The summed E-state index contributed by atoms with van der Waals surface area (Å²) in [6, 6.07) is 11.5. The Labute approximate surface area is 144 Å². The number of carbonyl (C=O) groups is 1. The van der Waals surface area contributed by atoms with Crippen LogP contribution in [0.5, 0.6) is 0 Å². The van der Waals surface area contributed by atoms with Crippen LogP contribution in [0.15, 0.2) is 42.7 Å². The van der Waals surface area contributed by atoms with E-state index in [1.54, 1.807) is 24.7 Å². The highest BCUT2D eigenvalue weighted by Crippen LogP contribution is 2.27. The quantitative estimate of drug-likeness (QED) is 0.738. The summed E-state index contributed by atoms with van der Waals surface area (Å²) in [6.07, 6.45) is 3.13. The second-order valence-electron chi connectivity index (χ2n) is 5.73. The Balaban J connectivity index is 2.13. The number of methoxy groups -OCH3 is 1. The van der Waals surface area contributed by atoms with E-state index in [-0.39, 0.29) is 5.91 Å². The zero-order valence-corrected chi connectivity index (χ0v) is 14.1. The van der Waals surface area contributed by atoms with Crippen molar-refractivity contribution in [3.8, 4) is 17.3 Å². The number of rotatable bonds is 4. The number of nitrogens with zero attached hydrogens (tertiary/aromatic N) is 4. The highest BCUT2D eigenvalue weighted by Gasteiger charge is 2.27. The molecular formula is C18H17N5O2. The molecule has 1 aromatic carbocycles. The lowest BCUT2D eigenvalue weighted by Gasteiger charge is -2.29. The summed E-state index contributed by atoms with van der Waals surface area (Å²) in [6.45, 7) is 3.23. The van der Waals surface area contributed by atoms with E-state index in [9.17, 15) is 4.79 Å². The molecule has 1 atom stereocenters. The second-order valence-corrected chi connectivity index (χ2v) is 5.73. The molecule has 0 radical (unpaired) electrons. The Hall–Kier alpha value is -3.24. The van der Waals surface area contributed by atoms with Crippen molar-refractivity contribution >= 4 is 11.6 Å². The van der Waals surface area contributed by atoms with Gasteiger partial charge in [-0.05, 0) is 19.1 Å². The number of aromatic nitrogens is 3. The molecule has 1 N–H and O–H groups in total. The molecule has 7 heteroatoms. The molecule has 1 unspecified atom stereocenters. The molecule has 0 spiro atoms. The van der Waals surface area contributed by atoms with Gasteiger partial charge in [0.05, 0.1) is 11.9 Å². The van der Waals surface area contributed by atoms with Crippen LogP contribution in [0.4, 0.5) is 0 Å². The van der Waals surface area contributed by atoms with Gasteiger partial charge < -0.3 is 10.1 Å². The number of hydrogen-bond donors (Lipinski definition) is 1. The van der Waals surface area contributed by atoms with Gasteiger partial charge in [-0.2, -0.15) is 10.4 Å². The van der Waals surface area contributed by atoms with Crippen molar-refractivity contribution in [1.82, 2.24) is 19.9 Å². The Kier molecular flexibility index (Phi) is 4.21. The fourth-order valence-corrected chi connectivity index (χ4v) is 2.74. The number of fused-ring (bicyclic) bond motifs is 1. The summed E-state index contributed by atoms with van der Waals surface area (Å²) >= 11 is 0. The van der Waals surface area contributed by atoms with Gasteiger partial charge in [0.2, 0.25) is 5.91 Å². The highest BCUT2D eigenvalue weighted by atomic mass is 16.5. The van der Waals surface area contributed by atoms with Crippen LogP contribution in [-0.2, 0) is 15.3 Å². The number of hydrogen-bond acceptors (Lipinski definition) is 5. The van der Waals surface area contributed by atoms with E-state index in [1.807, 2.05) is 30.3 Å². The van der Waals surface area contributed by atoms with Gasteiger partial charge in [0.25, 0.3) is 0 Å². The minimum Gasteiger partial charge on any atom is -0.355 e. The standard InChI is InChI=1S/C18H17N5O2/c1-12(24)22-18(2,25-3)15-6-4-5-13(9-15)16-7-8-20-17-14(10-19)11-21-23(16)17/h4-9,11H,1-3H3,(H,22,24). The van der Waals surface area contributed by atoms with Crippen LogP contribution < -0.4 is 5.32 Å². The molecule has 126 valence electrons. The smallest absolute Gasteiger partial charge is 0.219 e. The maximum atomic E-state index is 11.5. The van der Waals surface area contributed by atoms with E-state index in [0.717, 1.165) is 16.8 Å². The molecule has 0 bridgehead atoms. The summed E-state index contributed by atoms with van der Waals surface area (Å²) < 4.78 is 7.15. The van der Waals surface area contributed by atoms with Crippen molar-refractivity contribution in [1.29, 1.82) is 5.26 Å². The van der Waals surface area contributed by atoms with Crippen molar-refractivity contribution in [2.24, 2.45) is 0 Å². The predicted molar refractivity (Wildman–Crippen MR) is 91.3 cm³/mol. The molecule has 3 aromatic rings. The maximum Gasteiger partial charge on any atom is 0.219 e. The van der Waals surface area contributed by atoms with Crippen LogP contribution in [0.2, 0.25) is 0 Å². The molecule has 3 rings (SSSR count). The zero-order chi connectivity index (χ0) is 18.0. The third kappa shape index (κ3) is 2.95. The Morgan fingerprint density at radius 2 is 2.20 bits per heavy atom. The van der Waals surface area contributed by atoms with Crippen LogP contribution in [-0.4, -0.2) is 27.6 Å². The van der Waals surface area contributed by atoms with Gasteiger partial charge in [0, 0.05) is 31.4 Å². The van der Waals surface area contributed by atoms with Gasteiger partial charge in [0.15, 0.2) is 11.4 Å². The number of amides is 1. The van der Waals surface area contributed by atoms with Crippen LogP contribution >= 0.6 is 0 Å². The Morgan fingerprint density at radius 1 is 1.40 bits per heavy atom. The number of ether oxygens (including phenoxy) is 1. The molecule has 2 heterocycles. The highest BCUT2D eigenvalue weighted by molar-refractivity contribution is 5.74. The fraction of sp³-hybridized carbons (Fsp3) is 0.222. The maximum absolute atomic E-state index is 11.5. The number of nitriles is 1. The number of nitrogens with one attached hydrogen (secondary N) is 1. The third-order valence-corrected chi connectivity index (χ3v) is 4.05. The van der Waals surface area contributed by atoms with Crippen LogP contribution in [0.1, 0.15) is 25.0 Å². The Morgan fingerprint density at radius 3 is 2.88 bits per heavy atom. The number of carbonyl (C=O) groups excluding carboxylic acids is 1. The molecular weight excluding hydrogens is 318 g/mol. The van der Waals surface area contributed by atoms with Crippen LogP contribution in [0.3, 0.4) is 0 Å². The number of benzene rings is 1. The SMILES string of the molecule is COC(C)(NC(C)=O)c1cccc(-c2ccnc3c(C#N)cnn23)c1. The summed E-state index contributed by atoms with van der Waals surface area (Å²) in [4.78, 5) is 15.7. The first-order valence-electron chi connectivity index (χ1n) is 7.66. The van der Waals surface area contributed by atoms with Crippen molar-refractivity contribution in [2.75, 3.05) is 7.11 Å². The molecule has 2 aromatic heterocycles. The predicted octanol–water partition coefficient (Wildman–Crippen LogP) is 2.22. The largest absolute Gasteiger partial charge is 0.355 e. The summed E-state index contributed by atoms with van der Waals surface area (Å²) in [5.74, 6) is -0.188. The topological polar surface area (TPSA) is 92.3 Å². The average molecular weight is 335 g/mol. The molecule has 0 saturated heterocycles. The average Bonchev–Trinajstić information content (AvgIpc) is 3.04. The minimum absolute atomic E-state index is 0.188. The van der Waals surface area contributed by atoms with Crippen molar-refractivity contribution in [2.45, 2.75) is 19.6 Å². The van der Waals surface area contributed by atoms with Gasteiger partial charge in [-0.25, -0.2) is 9.50 Å². The van der Waals surface area contributed by atoms with Crippen molar-refractivity contribution in [3.63, 3.8) is 0 Å². The first-order chi connectivity index (χ1) is 12.0. The molecule has 0 fully saturated rings. The van der Waals surface area contributed by atoms with Crippen LogP contribution in [0.25, 0.3) is 16.9 Å². The van der Waals surface area contributed by atoms with Crippen molar-refractivity contribution < 1.29 is 9.53 Å². The molecule has 0 saturated carbocycles. The minimum atomic E-state index is -0.948. The van der Waals surface area contributed by atoms with E-state index >= 15 is 0 Å². The van der Waals surface area contributed by atoms with Gasteiger partial charge in [-0.1, -0.05) is 18.2 Å². The second kappa shape index (κ2) is 6.34. The molecule has 1 amide bonds. The van der Waals surface area contributed by atoms with Gasteiger partial charge in [-0.3, -0.25) is 4.79 Å². The van der Waals surface area contributed by atoms with Gasteiger partial charge >= 0.3 is 0 Å². The first-order valence-corrected chi connectivity index (χ1v) is 7.66. The third-order valence-electron chi connectivity index (χ3n) is 4.05. The van der Waals surface area contributed by atoms with Gasteiger partial charge in [0.1, 0.15) is 11.6 Å². The van der Waals surface area contributed by atoms with E-state index in [4.69, 9.17) is 10.00 Å². The lowest BCUT2D eigenvalue weighted by Crippen LogP contribution is -2.43. The van der Waals surface area contributed by atoms with E-state index in [2.05, 4.69) is 21.5 Å². The molecule has 0 aliphatic carbocycles.